The molecule has 0 N–H and O–H groups in total. The SMILES string of the molecule is [I][V][I].c1ccc(-c2cc3c(s2)-c2sc(-c4ccc5c(c4)c4ccccc4n5-c4ccccc4)cc2-c2cc(-c4ccc5c(c4)c4ccccc4n5-c4ccccc4)sc2-c2sc(-c4ccccc4)cc2-3)cc1. The Bertz CT molecular complexity index is 4090. The Labute approximate surface area is 467 Å². The van der Waals surface area contributed by atoms with Gasteiger partial charge >= 0.3 is 49.4 Å². The summed E-state index contributed by atoms with van der Waals surface area (Å²) in [6, 6.07) is 85.2. The van der Waals surface area contributed by atoms with Crippen LogP contribution in [0.3, 0.4) is 0 Å². The predicted octanol–water partition coefficient (Wildman–Crippen LogP) is 21.5. The molecule has 1 aliphatic carbocycles. The maximum atomic E-state index is 2.51. The van der Waals surface area contributed by atoms with Gasteiger partial charge in [0, 0.05) is 74.7 Å². The number of fused-ring (bicyclic) bond motifs is 14. The van der Waals surface area contributed by atoms with Crippen molar-refractivity contribution in [3.63, 3.8) is 0 Å². The molecule has 0 amide bonds. The molecule has 0 atom stereocenters. The number of halogens is 2. The van der Waals surface area contributed by atoms with Crippen LogP contribution in [0.2, 0.25) is 0 Å². The van der Waals surface area contributed by atoms with Crippen molar-refractivity contribution in [1.82, 2.24) is 9.13 Å². The minimum atomic E-state index is 0.628. The number of nitrogens with zero attached hydrogens (tertiary/aromatic N) is 2. The first-order valence-electron chi connectivity index (χ1n) is 23.9. The summed E-state index contributed by atoms with van der Waals surface area (Å²) in [4.78, 5) is 10.4. The van der Waals surface area contributed by atoms with Crippen LogP contribution in [0, 0.1) is 0 Å². The van der Waals surface area contributed by atoms with Crippen molar-refractivity contribution in [2.45, 2.75) is 0 Å². The molecule has 0 saturated heterocycles. The zero-order valence-electron chi connectivity index (χ0n) is 38.7. The van der Waals surface area contributed by atoms with Crippen LogP contribution in [0.1, 0.15) is 0 Å². The van der Waals surface area contributed by atoms with Gasteiger partial charge in [0.25, 0.3) is 0 Å². The van der Waals surface area contributed by atoms with E-state index in [9.17, 15) is 0 Å². The second-order valence-electron chi connectivity index (χ2n) is 18.0. The van der Waals surface area contributed by atoms with Crippen LogP contribution in [0.25, 0.3) is 139 Å². The van der Waals surface area contributed by atoms with E-state index in [0.29, 0.717) is 9.47 Å². The molecule has 347 valence electrons. The number of hydrogen-bond acceptors (Lipinski definition) is 4. The van der Waals surface area contributed by atoms with Gasteiger partial charge in [0.1, 0.15) is 0 Å². The summed E-state index contributed by atoms with van der Waals surface area (Å²) < 4.78 is 4.81. The minimum absolute atomic E-state index is 0.628. The van der Waals surface area contributed by atoms with Gasteiger partial charge in [-0.25, -0.2) is 0 Å². The largest absolute Gasteiger partial charge is 0.309 e. The predicted molar refractivity (Wildman–Crippen MR) is 332 cm³/mol. The van der Waals surface area contributed by atoms with E-state index in [0.717, 1.165) is 0 Å². The fourth-order valence-corrected chi connectivity index (χ4v) is 15.8. The molecular weight excluding hydrogens is 1230 g/mol. The molecule has 73 heavy (non-hydrogen) atoms. The van der Waals surface area contributed by atoms with Gasteiger partial charge in [-0.1, -0.05) is 146 Å². The van der Waals surface area contributed by atoms with Crippen LogP contribution in [-0.4, -0.2) is 9.13 Å². The summed E-state index contributed by atoms with van der Waals surface area (Å²) >= 11 is 12.5. The van der Waals surface area contributed by atoms with Crippen LogP contribution in [-0.2, 0) is 9.47 Å². The zero-order chi connectivity index (χ0) is 48.6. The molecule has 0 spiro atoms. The van der Waals surface area contributed by atoms with E-state index < -0.39 is 0 Å². The topological polar surface area (TPSA) is 9.86 Å². The second kappa shape index (κ2) is 19.2. The van der Waals surface area contributed by atoms with Gasteiger partial charge in [-0.05, 0) is 107 Å². The van der Waals surface area contributed by atoms with Crippen molar-refractivity contribution in [3.8, 4) is 94.9 Å². The van der Waals surface area contributed by atoms with Gasteiger partial charge in [-0.15, -0.1) is 45.3 Å². The van der Waals surface area contributed by atoms with Gasteiger partial charge in [-0.2, -0.15) is 0 Å². The van der Waals surface area contributed by atoms with Crippen molar-refractivity contribution < 1.29 is 9.47 Å². The molecular formula is C64H38I2N2S4V. The first-order chi connectivity index (χ1) is 36.1. The van der Waals surface area contributed by atoms with Gasteiger partial charge in [0.05, 0.1) is 41.6 Å². The molecule has 1 aliphatic rings. The quantitative estimate of drug-likeness (QED) is 0.147. The maximum Gasteiger partial charge on any atom is 0.0541 e. The summed E-state index contributed by atoms with van der Waals surface area (Å²) in [5.74, 6) is 0. The number of aromatic nitrogens is 2. The van der Waals surface area contributed by atoms with Gasteiger partial charge in [0.15, 0.2) is 0 Å². The molecule has 15 rings (SSSR count). The Kier molecular flexibility index (Phi) is 12.0. The fraction of sp³-hybridized carbons (Fsp3) is 0. The average molecular weight is 1270 g/mol. The molecule has 0 unspecified atom stereocenters. The third-order valence-electron chi connectivity index (χ3n) is 14.0. The number of para-hydroxylation sites is 4. The molecule has 14 aromatic rings. The zero-order valence-corrected chi connectivity index (χ0v) is 47.6. The summed E-state index contributed by atoms with van der Waals surface area (Å²) in [5.41, 5.74) is 17.4. The third kappa shape index (κ3) is 7.87. The molecule has 6 aromatic heterocycles. The maximum absolute atomic E-state index is 2.51. The Balaban J connectivity index is 0.00000161. The number of thiophene rings is 4. The molecule has 0 radical (unpaired) electrons. The van der Waals surface area contributed by atoms with Crippen molar-refractivity contribution >= 4 is 129 Å². The van der Waals surface area contributed by atoms with E-state index in [1.54, 1.807) is 0 Å². The molecule has 2 nitrogen and oxygen atoms in total. The van der Waals surface area contributed by atoms with E-state index in [2.05, 4.69) is 280 Å². The Morgan fingerprint density at radius 2 is 0.562 bits per heavy atom. The van der Waals surface area contributed by atoms with Crippen molar-refractivity contribution in [1.29, 1.82) is 0 Å². The van der Waals surface area contributed by atoms with Crippen molar-refractivity contribution in [2.24, 2.45) is 0 Å². The third-order valence-corrected chi connectivity index (χ3v) is 19.0. The van der Waals surface area contributed by atoms with Crippen LogP contribution in [0.15, 0.2) is 231 Å². The molecule has 0 bridgehead atoms. The average Bonchev–Trinajstić information content (AvgIpc) is 4.32. The van der Waals surface area contributed by atoms with E-state index in [-0.39, 0.29) is 0 Å². The van der Waals surface area contributed by atoms with Crippen molar-refractivity contribution in [2.75, 3.05) is 0 Å². The van der Waals surface area contributed by atoms with E-state index in [1.165, 1.54) is 139 Å². The van der Waals surface area contributed by atoms with Gasteiger partial charge in [0.2, 0.25) is 0 Å². The van der Waals surface area contributed by atoms with Crippen molar-refractivity contribution in [3.05, 3.63) is 231 Å². The molecule has 0 fully saturated rings. The van der Waals surface area contributed by atoms with Crippen LogP contribution >= 0.6 is 85.3 Å². The second-order valence-corrected chi connectivity index (χ2v) is 34.0. The Morgan fingerprint density at radius 1 is 0.274 bits per heavy atom. The molecule has 0 aliphatic heterocycles. The Morgan fingerprint density at radius 3 is 0.918 bits per heavy atom. The smallest absolute Gasteiger partial charge is 0.0541 e. The number of rotatable bonds is 6. The summed E-state index contributed by atoms with van der Waals surface area (Å²) in [6.45, 7) is 0. The summed E-state index contributed by atoms with van der Waals surface area (Å²) in [5, 5.41) is 5.05. The van der Waals surface area contributed by atoms with E-state index in [4.69, 9.17) is 0 Å². The van der Waals surface area contributed by atoms with Crippen LogP contribution in [0.4, 0.5) is 0 Å². The van der Waals surface area contributed by atoms with Gasteiger partial charge in [-0.3, -0.25) is 0 Å². The molecule has 8 aromatic carbocycles. The molecule has 9 heteroatoms. The summed E-state index contributed by atoms with van der Waals surface area (Å²) in [7, 11) is 0.628. The monoisotopic (exact) mass is 1270 g/mol. The first-order valence-corrected chi connectivity index (χ1v) is 36.2. The molecule has 6 heterocycles. The Hall–Kier alpha value is -5.80. The summed E-state index contributed by atoms with van der Waals surface area (Å²) in [6.07, 6.45) is 0. The van der Waals surface area contributed by atoms with E-state index in [1.807, 2.05) is 45.3 Å². The van der Waals surface area contributed by atoms with E-state index >= 15 is 0 Å². The molecule has 0 saturated carbocycles. The van der Waals surface area contributed by atoms with Crippen LogP contribution < -0.4 is 0 Å². The van der Waals surface area contributed by atoms with Crippen LogP contribution in [0.5, 0.6) is 0 Å². The standard InChI is InChI=1S/C64H38N2S4.2HI.V/c1-5-17-39(18-6-1)57-35-49-50-36-58(40-19-7-2-8-20-40)68-62(50)64-52(38-60(70-64)42-30-32-56-48(34-42)46-26-14-16-28-54(46)66(56)44-23-11-4-12-24-44)51-37-59(69-63(51)61(49)67-57)41-29-31-55-47(33-41)45-25-13-15-27-53(45)65(55)43-21-9-3-10-22-43;;;/h1-38H;2*1H;/q;;;+2/p-2. The minimum Gasteiger partial charge on any atom is -0.309 e. The normalized spacial score (nSPS) is 11.7. The fourth-order valence-electron chi connectivity index (χ4n) is 10.8. The number of hydrogen-bond donors (Lipinski definition) is 0. The van der Waals surface area contributed by atoms with Gasteiger partial charge < -0.3 is 9.13 Å². The number of benzene rings is 8. The first kappa shape index (κ1) is 45.8.